The molecule has 0 fully saturated rings. The lowest BCUT2D eigenvalue weighted by atomic mass is 10.1. The molecule has 0 saturated carbocycles. The standard InChI is InChI=1S/C36H58O4.C9H13NO3/c1-5-9-11-19-27-37-33(7-3)31-23-15-17-25-35(31)39-29-21-13-14-22-30-40-36-26-18-16-24-32(36)34(8-4)38-28-20-12-10-6-2;10-4-9(13)6-1-2-8(12)7(3-6)5-11/h15-18,23-26,33-34H,5-14,19-22,27-30H2,1-4H3;1-3,9,11-13H,4-5,10H2. The smallest absolute Gasteiger partial charge is 0.125 e. The molecule has 0 amide bonds. The molecule has 3 atom stereocenters. The van der Waals surface area contributed by atoms with Gasteiger partial charge in [-0.2, -0.15) is 0 Å². The number of para-hydroxylation sites is 2. The van der Waals surface area contributed by atoms with Gasteiger partial charge in [-0.25, -0.2) is 0 Å². The van der Waals surface area contributed by atoms with Gasteiger partial charge in [-0.1, -0.05) is 109 Å². The van der Waals surface area contributed by atoms with Gasteiger partial charge >= 0.3 is 0 Å². The van der Waals surface area contributed by atoms with Crippen molar-refractivity contribution in [2.24, 2.45) is 5.73 Å². The maximum absolute atomic E-state index is 9.35. The van der Waals surface area contributed by atoms with E-state index in [0.717, 1.165) is 89.3 Å². The van der Waals surface area contributed by atoms with Crippen molar-refractivity contribution in [2.45, 2.75) is 143 Å². The van der Waals surface area contributed by atoms with Crippen molar-refractivity contribution in [3.63, 3.8) is 0 Å². The molecule has 0 bridgehead atoms. The highest BCUT2D eigenvalue weighted by molar-refractivity contribution is 5.37. The predicted octanol–water partition coefficient (Wildman–Crippen LogP) is 10.7. The number of hydrogen-bond acceptors (Lipinski definition) is 8. The van der Waals surface area contributed by atoms with E-state index < -0.39 is 6.10 Å². The van der Waals surface area contributed by atoms with Gasteiger partial charge in [0.1, 0.15) is 17.2 Å². The summed E-state index contributed by atoms with van der Waals surface area (Å²) < 4.78 is 24.9. The van der Waals surface area contributed by atoms with Crippen molar-refractivity contribution >= 4 is 0 Å². The van der Waals surface area contributed by atoms with E-state index in [1.165, 1.54) is 61.8 Å². The number of rotatable bonds is 28. The summed E-state index contributed by atoms with van der Waals surface area (Å²) in [5.41, 5.74) is 8.62. The van der Waals surface area contributed by atoms with Gasteiger partial charge in [0.05, 0.1) is 38.1 Å². The van der Waals surface area contributed by atoms with Crippen LogP contribution in [0.25, 0.3) is 0 Å². The monoisotopic (exact) mass is 738 g/mol. The molecule has 0 radical (unpaired) electrons. The lowest BCUT2D eigenvalue weighted by molar-refractivity contribution is 0.0450. The summed E-state index contributed by atoms with van der Waals surface area (Å²) in [7, 11) is 0. The summed E-state index contributed by atoms with van der Waals surface area (Å²) in [6.07, 6.45) is 15.6. The molecule has 3 aromatic rings. The number of nitrogens with two attached hydrogens (primary N) is 1. The molecule has 0 aliphatic heterocycles. The van der Waals surface area contributed by atoms with Crippen molar-refractivity contribution in [2.75, 3.05) is 33.0 Å². The summed E-state index contributed by atoms with van der Waals surface area (Å²) in [6, 6.07) is 21.3. The third-order valence-electron chi connectivity index (χ3n) is 9.34. The highest BCUT2D eigenvalue weighted by Crippen LogP contribution is 2.32. The number of aromatic hydroxyl groups is 1. The summed E-state index contributed by atoms with van der Waals surface area (Å²) >= 11 is 0. The zero-order valence-corrected chi connectivity index (χ0v) is 33.3. The van der Waals surface area contributed by atoms with E-state index in [4.69, 9.17) is 29.8 Å². The second kappa shape index (κ2) is 29.2. The van der Waals surface area contributed by atoms with Crippen LogP contribution in [-0.4, -0.2) is 48.3 Å². The van der Waals surface area contributed by atoms with E-state index in [9.17, 15) is 10.2 Å². The van der Waals surface area contributed by atoms with Crippen LogP contribution in [0, 0.1) is 0 Å². The Labute approximate surface area is 321 Å². The van der Waals surface area contributed by atoms with Crippen LogP contribution in [-0.2, 0) is 16.1 Å². The molecular formula is C45H71NO7. The Balaban J connectivity index is 0.000000626. The quantitative estimate of drug-likeness (QED) is 0.0543. The van der Waals surface area contributed by atoms with Crippen LogP contribution >= 0.6 is 0 Å². The van der Waals surface area contributed by atoms with Crippen molar-refractivity contribution in [1.29, 1.82) is 0 Å². The predicted molar refractivity (Wildman–Crippen MR) is 217 cm³/mol. The first kappa shape index (κ1) is 46.0. The van der Waals surface area contributed by atoms with Crippen molar-refractivity contribution in [1.82, 2.24) is 0 Å². The van der Waals surface area contributed by atoms with Crippen LogP contribution in [0.5, 0.6) is 17.2 Å². The fourth-order valence-corrected chi connectivity index (χ4v) is 6.12. The molecule has 298 valence electrons. The molecular weight excluding hydrogens is 666 g/mol. The molecule has 8 nitrogen and oxygen atoms in total. The minimum Gasteiger partial charge on any atom is -0.508 e. The SMILES string of the molecule is CCCCCCOC(CC)c1ccccc1OCCCCCCOc1ccccc1C(CC)OCCCCCC.NCC(O)c1ccc(O)c(CO)c1. The summed E-state index contributed by atoms with van der Waals surface area (Å²) in [5, 5.41) is 27.4. The Morgan fingerprint density at radius 2 is 1.04 bits per heavy atom. The molecule has 53 heavy (non-hydrogen) atoms. The minimum atomic E-state index is -0.745. The first-order chi connectivity index (χ1) is 25.9. The van der Waals surface area contributed by atoms with E-state index >= 15 is 0 Å². The Morgan fingerprint density at radius 3 is 1.47 bits per heavy atom. The fraction of sp³-hybridized carbons (Fsp3) is 0.600. The molecule has 8 heteroatoms. The topological polar surface area (TPSA) is 124 Å². The highest BCUT2D eigenvalue weighted by atomic mass is 16.5. The molecule has 3 unspecified atom stereocenters. The van der Waals surface area contributed by atoms with Crippen LogP contribution < -0.4 is 15.2 Å². The lowest BCUT2D eigenvalue weighted by Crippen LogP contribution is -2.11. The summed E-state index contributed by atoms with van der Waals surface area (Å²) in [4.78, 5) is 0. The molecule has 0 heterocycles. The van der Waals surface area contributed by atoms with E-state index in [1.807, 2.05) is 0 Å². The maximum Gasteiger partial charge on any atom is 0.125 e. The number of hydrogen-bond donors (Lipinski definition) is 4. The number of ether oxygens (including phenoxy) is 4. The molecule has 0 spiro atoms. The average molecular weight is 738 g/mol. The molecule has 3 rings (SSSR count). The van der Waals surface area contributed by atoms with E-state index in [1.54, 1.807) is 6.07 Å². The Hall–Kier alpha value is -3.14. The van der Waals surface area contributed by atoms with Gasteiger partial charge < -0.3 is 40.0 Å². The molecule has 0 aromatic heterocycles. The maximum atomic E-state index is 9.35. The normalized spacial score (nSPS) is 12.8. The first-order valence-electron chi connectivity index (χ1n) is 20.4. The third-order valence-corrected chi connectivity index (χ3v) is 9.34. The highest BCUT2D eigenvalue weighted by Gasteiger charge is 2.16. The summed E-state index contributed by atoms with van der Waals surface area (Å²) in [6.45, 7) is 11.9. The third kappa shape index (κ3) is 18.2. The van der Waals surface area contributed by atoms with E-state index in [0.29, 0.717) is 11.1 Å². The lowest BCUT2D eigenvalue weighted by Gasteiger charge is -2.20. The van der Waals surface area contributed by atoms with E-state index in [2.05, 4.69) is 76.2 Å². The molecule has 3 aromatic carbocycles. The minimum absolute atomic E-state index is 0.0236. The summed E-state index contributed by atoms with van der Waals surface area (Å²) in [5.74, 6) is 1.97. The number of benzene rings is 3. The molecule has 0 aliphatic carbocycles. The Morgan fingerprint density at radius 1 is 0.585 bits per heavy atom. The van der Waals surface area contributed by atoms with Gasteiger partial charge in [-0.15, -0.1) is 0 Å². The van der Waals surface area contributed by atoms with Gasteiger partial charge in [0.15, 0.2) is 0 Å². The van der Waals surface area contributed by atoms with Crippen molar-refractivity contribution in [3.8, 4) is 17.2 Å². The zero-order chi connectivity index (χ0) is 38.5. The van der Waals surface area contributed by atoms with Gasteiger partial charge in [-0.3, -0.25) is 0 Å². The largest absolute Gasteiger partial charge is 0.508 e. The Kier molecular flexibility index (Phi) is 25.4. The van der Waals surface area contributed by atoms with Crippen LogP contribution in [0.3, 0.4) is 0 Å². The van der Waals surface area contributed by atoms with Crippen LogP contribution in [0.2, 0.25) is 0 Å². The second-order valence-corrected chi connectivity index (χ2v) is 13.6. The van der Waals surface area contributed by atoms with Crippen molar-refractivity contribution in [3.05, 3.63) is 89.0 Å². The average Bonchev–Trinajstić information content (AvgIpc) is 3.19. The van der Waals surface area contributed by atoms with Gasteiger partial charge in [0, 0.05) is 36.4 Å². The van der Waals surface area contributed by atoms with Gasteiger partial charge in [0.25, 0.3) is 0 Å². The van der Waals surface area contributed by atoms with E-state index in [-0.39, 0.29) is 31.1 Å². The number of aliphatic hydroxyl groups excluding tert-OH is 2. The first-order valence-corrected chi connectivity index (χ1v) is 20.4. The second-order valence-electron chi connectivity index (χ2n) is 13.6. The van der Waals surface area contributed by atoms with Crippen molar-refractivity contribution < 1.29 is 34.3 Å². The van der Waals surface area contributed by atoms with Crippen LogP contribution in [0.15, 0.2) is 66.7 Å². The van der Waals surface area contributed by atoms with Crippen LogP contribution in [0.4, 0.5) is 0 Å². The fourth-order valence-electron chi connectivity index (χ4n) is 6.12. The van der Waals surface area contributed by atoms with Gasteiger partial charge in [0.2, 0.25) is 0 Å². The van der Waals surface area contributed by atoms with Crippen LogP contribution in [0.1, 0.15) is 158 Å². The number of aliphatic hydroxyl groups is 2. The molecule has 0 aliphatic rings. The number of phenols is 1. The molecule has 5 N–H and O–H groups in total. The Bertz CT molecular complexity index is 1260. The number of unbranched alkanes of at least 4 members (excludes halogenated alkanes) is 9. The molecule has 0 saturated heterocycles. The zero-order valence-electron chi connectivity index (χ0n) is 33.3. The van der Waals surface area contributed by atoms with Gasteiger partial charge in [-0.05, 0) is 81.2 Å².